The average molecular weight is 439 g/mol. The fraction of sp³-hybridized carbons (Fsp3) is 0.143. The van der Waals surface area contributed by atoms with Crippen molar-refractivity contribution in [3.63, 3.8) is 0 Å². The van der Waals surface area contributed by atoms with Gasteiger partial charge in [0, 0.05) is 26.0 Å². The number of aryl methyl sites for hydroxylation is 1. The summed E-state index contributed by atoms with van der Waals surface area (Å²) in [5.41, 5.74) is 2.70. The molecule has 0 aliphatic rings. The van der Waals surface area contributed by atoms with Crippen LogP contribution in [0.2, 0.25) is 5.28 Å². The van der Waals surface area contributed by atoms with Crippen LogP contribution in [0.1, 0.15) is 0 Å². The Morgan fingerprint density at radius 2 is 1.81 bits per heavy atom. The lowest BCUT2D eigenvalue weighted by Crippen LogP contribution is -2.26. The Labute approximate surface area is 183 Å². The molecule has 0 spiro atoms. The minimum Gasteiger partial charge on any atom is -0.497 e. The van der Waals surface area contributed by atoms with Crippen LogP contribution in [0.25, 0.3) is 11.0 Å². The van der Waals surface area contributed by atoms with Gasteiger partial charge in [-0.15, -0.1) is 0 Å². The van der Waals surface area contributed by atoms with Gasteiger partial charge in [-0.2, -0.15) is 0 Å². The normalized spacial score (nSPS) is 10.8. The largest absolute Gasteiger partial charge is 0.497 e. The van der Waals surface area contributed by atoms with Gasteiger partial charge in [0.05, 0.1) is 23.8 Å². The van der Waals surface area contributed by atoms with Gasteiger partial charge in [-0.25, -0.2) is 24.6 Å². The topological polar surface area (TPSA) is 96.6 Å². The van der Waals surface area contributed by atoms with E-state index in [4.69, 9.17) is 16.3 Å². The lowest BCUT2D eigenvalue weighted by Gasteiger charge is -2.18. The number of halogens is 1. The number of imidazole rings is 1. The fourth-order valence-corrected chi connectivity index (χ4v) is 3.41. The molecule has 0 aliphatic carbocycles. The molecule has 0 radical (unpaired) electrons. The third-order valence-electron chi connectivity index (χ3n) is 4.91. The molecule has 1 amide bonds. The van der Waals surface area contributed by atoms with Crippen LogP contribution >= 0.6 is 11.6 Å². The summed E-state index contributed by atoms with van der Waals surface area (Å²) in [6.07, 6.45) is 0.439. The van der Waals surface area contributed by atoms with Crippen LogP contribution in [-0.4, -0.2) is 44.9 Å². The molecule has 4 rings (SSSR count). The van der Waals surface area contributed by atoms with E-state index in [0.29, 0.717) is 22.8 Å². The highest BCUT2D eigenvalue weighted by molar-refractivity contribution is 6.28. The number of aromatic nitrogens is 4. The number of nitrogens with zero attached hydrogens (tertiary/aromatic N) is 6. The minimum absolute atomic E-state index is 0.155. The fourth-order valence-electron chi connectivity index (χ4n) is 3.27. The van der Waals surface area contributed by atoms with E-state index in [9.17, 15) is 9.90 Å². The number of rotatable bonds is 5. The molecule has 9 nitrogen and oxygen atoms in total. The van der Waals surface area contributed by atoms with Crippen LogP contribution in [0.5, 0.6) is 5.75 Å². The first-order chi connectivity index (χ1) is 14.9. The Balaban J connectivity index is 1.76. The molecule has 0 saturated carbocycles. The highest BCUT2D eigenvalue weighted by atomic mass is 35.5. The lowest BCUT2D eigenvalue weighted by molar-refractivity contribution is 0.204. The van der Waals surface area contributed by atoms with Crippen molar-refractivity contribution < 1.29 is 14.6 Å². The summed E-state index contributed by atoms with van der Waals surface area (Å²) in [5, 5.41) is 10.0. The van der Waals surface area contributed by atoms with E-state index in [1.54, 1.807) is 55.3 Å². The van der Waals surface area contributed by atoms with E-state index in [1.165, 1.54) is 0 Å². The smallest absolute Gasteiger partial charge is 0.418 e. The molecule has 4 aromatic rings. The third-order valence-corrected chi connectivity index (χ3v) is 5.09. The van der Waals surface area contributed by atoms with Gasteiger partial charge in [0.15, 0.2) is 0 Å². The van der Waals surface area contributed by atoms with Crippen molar-refractivity contribution >= 4 is 51.9 Å². The maximum atomic E-state index is 12.1. The molecule has 1 N–H and O–H groups in total. The maximum Gasteiger partial charge on any atom is 0.418 e. The monoisotopic (exact) mass is 438 g/mol. The van der Waals surface area contributed by atoms with Gasteiger partial charge in [-0.1, -0.05) is 0 Å². The van der Waals surface area contributed by atoms with Crippen LogP contribution in [0.4, 0.5) is 27.9 Å². The molecule has 158 valence electrons. The number of carboxylic acid groups (broad SMARTS) is 1. The van der Waals surface area contributed by atoms with E-state index in [0.717, 1.165) is 16.1 Å². The van der Waals surface area contributed by atoms with Crippen molar-refractivity contribution in [3.05, 3.63) is 60.0 Å². The quantitative estimate of drug-likeness (QED) is 0.454. The Bertz CT molecular complexity index is 1260. The molecule has 0 saturated heterocycles. The van der Waals surface area contributed by atoms with Crippen LogP contribution in [0.3, 0.4) is 0 Å². The molecular weight excluding hydrogens is 420 g/mol. The molecule has 0 fully saturated rings. The van der Waals surface area contributed by atoms with Crippen LogP contribution in [0, 0.1) is 0 Å². The Kier molecular flexibility index (Phi) is 5.35. The molecule has 10 heteroatoms. The van der Waals surface area contributed by atoms with E-state index >= 15 is 0 Å². The van der Waals surface area contributed by atoms with E-state index in [1.807, 2.05) is 30.1 Å². The van der Waals surface area contributed by atoms with E-state index in [-0.39, 0.29) is 11.2 Å². The van der Waals surface area contributed by atoms with Crippen molar-refractivity contribution in [1.29, 1.82) is 0 Å². The number of hydrogen-bond acceptors (Lipinski definition) is 6. The molecule has 2 aromatic carbocycles. The summed E-state index contributed by atoms with van der Waals surface area (Å²) >= 11 is 5.90. The summed E-state index contributed by atoms with van der Waals surface area (Å²) < 4.78 is 6.89. The number of methoxy groups -OCH3 is 1. The second kappa shape index (κ2) is 8.11. The number of hydrogen-bond donors (Lipinski definition) is 1. The van der Waals surface area contributed by atoms with Crippen molar-refractivity contribution in [1.82, 2.24) is 19.5 Å². The van der Waals surface area contributed by atoms with Gasteiger partial charge >= 0.3 is 6.09 Å². The Hall–Kier alpha value is -3.85. The van der Waals surface area contributed by atoms with Gasteiger partial charge in [0.2, 0.25) is 11.2 Å². The summed E-state index contributed by atoms with van der Waals surface area (Å²) in [6, 6.07) is 14.1. The van der Waals surface area contributed by atoms with E-state index < -0.39 is 6.09 Å². The first kappa shape index (κ1) is 20.4. The number of fused-ring (bicyclic) bond motifs is 1. The predicted molar refractivity (Wildman–Crippen MR) is 119 cm³/mol. The second-order valence-corrected chi connectivity index (χ2v) is 7.04. The predicted octanol–water partition coefficient (Wildman–Crippen LogP) is 4.61. The third kappa shape index (κ3) is 3.82. The SMILES string of the molecule is COc1ccc(N(C(=O)O)c2nc3cc(N(C)c4ccnc(Cl)n4)ccc3n2C)cc1. The number of anilines is 4. The van der Waals surface area contributed by atoms with Crippen molar-refractivity contribution in [2.75, 3.05) is 24.0 Å². The van der Waals surface area contributed by atoms with Crippen LogP contribution in [-0.2, 0) is 7.05 Å². The van der Waals surface area contributed by atoms with Gasteiger partial charge in [-0.05, 0) is 60.1 Å². The molecule has 2 heterocycles. The lowest BCUT2D eigenvalue weighted by atomic mass is 10.2. The van der Waals surface area contributed by atoms with Crippen molar-refractivity contribution in [3.8, 4) is 5.75 Å². The van der Waals surface area contributed by atoms with Crippen molar-refractivity contribution in [2.24, 2.45) is 7.05 Å². The van der Waals surface area contributed by atoms with E-state index in [2.05, 4.69) is 15.0 Å². The zero-order chi connectivity index (χ0) is 22.1. The molecule has 31 heavy (non-hydrogen) atoms. The molecule has 2 aromatic heterocycles. The Morgan fingerprint density at radius 1 is 1.10 bits per heavy atom. The number of benzene rings is 2. The van der Waals surface area contributed by atoms with Gasteiger partial charge in [-0.3, -0.25) is 0 Å². The van der Waals surface area contributed by atoms with Crippen LogP contribution in [0.15, 0.2) is 54.7 Å². The second-order valence-electron chi connectivity index (χ2n) is 6.70. The summed E-state index contributed by atoms with van der Waals surface area (Å²) in [4.78, 5) is 27.8. The van der Waals surface area contributed by atoms with Crippen LogP contribution < -0.4 is 14.5 Å². The van der Waals surface area contributed by atoms with Gasteiger partial charge in [0.1, 0.15) is 11.6 Å². The number of carbonyl (C=O) groups is 1. The number of ether oxygens (including phenoxy) is 1. The van der Waals surface area contributed by atoms with Gasteiger partial charge in [0.25, 0.3) is 0 Å². The first-order valence-electron chi connectivity index (χ1n) is 9.25. The average Bonchev–Trinajstić information content (AvgIpc) is 3.09. The van der Waals surface area contributed by atoms with Crippen molar-refractivity contribution in [2.45, 2.75) is 0 Å². The number of amides is 1. The first-order valence-corrected chi connectivity index (χ1v) is 9.62. The molecule has 0 bridgehead atoms. The highest BCUT2D eigenvalue weighted by Gasteiger charge is 2.23. The molecular formula is C21H19ClN6O3. The summed E-state index contributed by atoms with van der Waals surface area (Å²) in [7, 11) is 5.18. The molecule has 0 unspecified atom stereocenters. The Morgan fingerprint density at radius 3 is 2.45 bits per heavy atom. The van der Waals surface area contributed by atoms with Gasteiger partial charge < -0.3 is 19.3 Å². The minimum atomic E-state index is -1.14. The standard InChI is InChI=1S/C21H19ClN6O3/c1-26(18-10-11-23-19(22)25-18)14-6-9-17-16(12-14)24-20(27(17)2)28(21(29)30)13-4-7-15(31-3)8-5-13/h4-12H,1-3H3,(H,29,30). The summed E-state index contributed by atoms with van der Waals surface area (Å²) in [5.74, 6) is 1.54. The molecule has 0 aliphatic heterocycles. The zero-order valence-electron chi connectivity index (χ0n) is 17.0. The highest BCUT2D eigenvalue weighted by Crippen LogP contribution is 2.32. The zero-order valence-corrected chi connectivity index (χ0v) is 17.8. The summed E-state index contributed by atoms with van der Waals surface area (Å²) in [6.45, 7) is 0. The molecule has 0 atom stereocenters. The maximum absolute atomic E-state index is 12.1.